The predicted molar refractivity (Wildman–Crippen MR) is 155 cm³/mol. The summed E-state index contributed by atoms with van der Waals surface area (Å²) in [6.45, 7) is 18.6. The molecule has 34 heavy (non-hydrogen) atoms. The van der Waals surface area contributed by atoms with Crippen LogP contribution >= 0.6 is 66.9 Å². The molecule has 2 rings (SSSR count). The number of hydrogen-bond donors (Lipinski definition) is 2. The topological polar surface area (TPSA) is 74.6 Å². The number of carboxylic acid groups (broad SMARTS) is 2. The summed E-state index contributed by atoms with van der Waals surface area (Å²) in [5.74, 6) is -1.69. The van der Waals surface area contributed by atoms with Crippen LogP contribution in [0, 0.1) is 17.8 Å². The standard InChI is InChI=1S/C10H13BrO2S.C10H14O2S.C4H9.Br2.Li/c1-10(2,3)5-6-4-7(11)8(14-6)9(12)13;1-10(2,3)6-7-4-5-8(13-7)9(11)12;1-3-4-2;1-2;/h4H,5H2,1-3H3,(H,12,13);4-5H,6H2,1-3H3,(H,11,12);1,3-4H2,2H3;;/q;;-1;;+1. The fourth-order valence-electron chi connectivity index (χ4n) is 2.28. The molecule has 0 aliphatic carbocycles. The van der Waals surface area contributed by atoms with E-state index in [4.69, 9.17) is 10.2 Å². The van der Waals surface area contributed by atoms with Gasteiger partial charge in [-0.2, -0.15) is 6.42 Å². The van der Waals surface area contributed by atoms with E-state index in [2.05, 4.69) is 99.6 Å². The third-order valence-corrected chi connectivity index (χ3v) is 6.65. The average Bonchev–Trinajstić information content (AvgIpc) is 3.28. The molecule has 10 heteroatoms. The van der Waals surface area contributed by atoms with E-state index >= 15 is 0 Å². The minimum atomic E-state index is -0.859. The molecule has 0 bridgehead atoms. The summed E-state index contributed by atoms with van der Waals surface area (Å²) in [4.78, 5) is 24.5. The minimum Gasteiger partial charge on any atom is -0.477 e. The molecule has 0 spiro atoms. The van der Waals surface area contributed by atoms with E-state index in [1.165, 1.54) is 29.1 Å². The fraction of sp³-hybridized carbons (Fsp3) is 0.542. The first-order chi connectivity index (χ1) is 15.1. The number of carbonyl (C=O) groups is 2. The summed E-state index contributed by atoms with van der Waals surface area (Å²) in [5, 5.41) is 17.6. The van der Waals surface area contributed by atoms with Gasteiger partial charge in [-0.3, -0.25) is 0 Å². The molecule has 0 saturated heterocycles. The molecule has 2 aromatic heterocycles. The Hall–Kier alpha value is 0.377. The zero-order valence-electron chi connectivity index (χ0n) is 21.4. The predicted octanol–water partition coefficient (Wildman–Crippen LogP) is 7.15. The normalized spacial score (nSPS) is 10.3. The van der Waals surface area contributed by atoms with Gasteiger partial charge < -0.3 is 17.1 Å². The number of rotatable bonds is 5. The molecule has 190 valence electrons. The Morgan fingerprint density at radius 2 is 1.35 bits per heavy atom. The zero-order chi connectivity index (χ0) is 26.4. The quantitative estimate of drug-likeness (QED) is 0.257. The zero-order valence-corrected chi connectivity index (χ0v) is 27.8. The van der Waals surface area contributed by atoms with Crippen LogP contribution in [0.15, 0.2) is 22.7 Å². The van der Waals surface area contributed by atoms with E-state index in [0.29, 0.717) is 14.2 Å². The Labute approximate surface area is 249 Å². The number of hydrogen-bond acceptors (Lipinski definition) is 4. The molecular weight excluding hydrogens is 663 g/mol. The molecule has 0 atom stereocenters. The van der Waals surface area contributed by atoms with Crippen LogP contribution in [0.25, 0.3) is 0 Å². The molecule has 0 fully saturated rings. The van der Waals surface area contributed by atoms with Crippen molar-refractivity contribution in [2.45, 2.75) is 74.1 Å². The Morgan fingerprint density at radius 1 is 0.912 bits per heavy atom. The van der Waals surface area contributed by atoms with Crippen molar-refractivity contribution in [3.8, 4) is 0 Å². The monoisotopic (exact) mass is 696 g/mol. The third kappa shape index (κ3) is 19.6. The van der Waals surface area contributed by atoms with Crippen LogP contribution in [-0.2, 0) is 12.8 Å². The van der Waals surface area contributed by atoms with Crippen LogP contribution in [0.2, 0.25) is 0 Å². The molecular formula is C24H36Br3LiO4S2. The van der Waals surface area contributed by atoms with E-state index in [9.17, 15) is 9.59 Å². The van der Waals surface area contributed by atoms with Crippen molar-refractivity contribution in [2.75, 3.05) is 0 Å². The summed E-state index contributed by atoms with van der Waals surface area (Å²) < 4.78 is 0.689. The molecule has 0 unspecified atom stereocenters. The van der Waals surface area contributed by atoms with E-state index in [1.807, 2.05) is 12.1 Å². The van der Waals surface area contributed by atoms with Crippen LogP contribution < -0.4 is 18.9 Å². The van der Waals surface area contributed by atoms with Crippen LogP contribution in [0.4, 0.5) is 0 Å². The van der Waals surface area contributed by atoms with Crippen molar-refractivity contribution < 1.29 is 38.7 Å². The van der Waals surface area contributed by atoms with Crippen molar-refractivity contribution in [1.82, 2.24) is 0 Å². The second-order valence-corrected chi connectivity index (χ2v) is 12.8. The van der Waals surface area contributed by atoms with Gasteiger partial charge in [-0.1, -0.05) is 54.9 Å². The van der Waals surface area contributed by atoms with Crippen molar-refractivity contribution in [2.24, 2.45) is 10.8 Å². The minimum absolute atomic E-state index is 0. The second-order valence-electron chi connectivity index (χ2n) is 9.59. The molecule has 4 nitrogen and oxygen atoms in total. The van der Waals surface area contributed by atoms with Gasteiger partial charge in [0.05, 0.1) is 0 Å². The third-order valence-electron chi connectivity index (χ3n) is 3.57. The first kappa shape index (κ1) is 38.9. The molecule has 0 aromatic carbocycles. The van der Waals surface area contributed by atoms with E-state index in [0.717, 1.165) is 29.0 Å². The number of thiophene rings is 2. The molecule has 2 N–H and O–H groups in total. The number of halogens is 3. The Morgan fingerprint density at radius 3 is 1.65 bits per heavy atom. The summed E-state index contributed by atoms with van der Waals surface area (Å²) in [7, 11) is 0. The maximum atomic E-state index is 10.8. The van der Waals surface area contributed by atoms with Gasteiger partial charge in [-0.25, -0.2) is 9.59 Å². The smallest absolute Gasteiger partial charge is 0.477 e. The van der Waals surface area contributed by atoms with Gasteiger partial charge in [0.15, 0.2) is 0 Å². The van der Waals surface area contributed by atoms with Gasteiger partial charge in [0.2, 0.25) is 0 Å². The van der Waals surface area contributed by atoms with Gasteiger partial charge >= 0.3 is 30.8 Å². The Balaban J connectivity index is -0.000000450. The molecule has 0 aliphatic rings. The van der Waals surface area contributed by atoms with Gasteiger partial charge in [0.1, 0.15) is 9.75 Å². The van der Waals surface area contributed by atoms with E-state index in [1.54, 1.807) is 6.07 Å². The number of unbranched alkanes of at least 4 members (excludes halogenated alkanes) is 1. The molecule has 2 heterocycles. The molecule has 2 aromatic rings. The van der Waals surface area contributed by atoms with Crippen LogP contribution in [0.5, 0.6) is 0 Å². The maximum Gasteiger partial charge on any atom is 1.00 e. The van der Waals surface area contributed by atoms with Crippen LogP contribution in [0.1, 0.15) is 90.4 Å². The Kier molecular flexibility index (Phi) is 22.3. The van der Waals surface area contributed by atoms with Crippen molar-refractivity contribution in [1.29, 1.82) is 0 Å². The maximum absolute atomic E-state index is 10.8. The van der Waals surface area contributed by atoms with E-state index in [-0.39, 0.29) is 29.7 Å². The van der Waals surface area contributed by atoms with Crippen molar-refractivity contribution in [3.05, 3.63) is 49.1 Å². The molecule has 0 amide bonds. The van der Waals surface area contributed by atoms with Gasteiger partial charge in [0, 0.05) is 42.5 Å². The molecule has 0 aliphatic heterocycles. The van der Waals surface area contributed by atoms with E-state index < -0.39 is 11.9 Å². The van der Waals surface area contributed by atoms with Crippen molar-refractivity contribution >= 4 is 78.8 Å². The van der Waals surface area contributed by atoms with Gasteiger partial charge in [-0.05, 0) is 57.8 Å². The largest absolute Gasteiger partial charge is 1.00 e. The molecule has 0 saturated carbocycles. The van der Waals surface area contributed by atoms with Crippen molar-refractivity contribution in [3.63, 3.8) is 0 Å². The summed E-state index contributed by atoms with van der Waals surface area (Å²) in [6, 6.07) is 5.48. The Bertz CT molecular complexity index is 836. The summed E-state index contributed by atoms with van der Waals surface area (Å²) in [5.41, 5.74) is 0.417. The fourth-order valence-corrected chi connectivity index (χ4v) is 5.46. The van der Waals surface area contributed by atoms with Crippen LogP contribution in [-0.4, -0.2) is 22.2 Å². The number of carboxylic acids is 2. The average molecular weight is 699 g/mol. The second kappa shape index (κ2) is 19.5. The van der Waals surface area contributed by atoms with Crippen LogP contribution in [0.3, 0.4) is 0 Å². The first-order valence-corrected chi connectivity index (χ1v) is 16.5. The number of aromatic carboxylic acids is 2. The summed E-state index contributed by atoms with van der Waals surface area (Å²) >= 11 is 11.5. The first-order valence-electron chi connectivity index (χ1n) is 10.4. The SMILES string of the molecule is BrBr.CC(C)(C)Cc1cc(Br)c(C(=O)O)s1.CC(C)(C)Cc1ccc(C(=O)O)s1.[CH2-]CCC.[Li+]. The molecule has 0 radical (unpaired) electrons. The van der Waals surface area contributed by atoms with Gasteiger partial charge in [-0.15, -0.1) is 22.7 Å². The van der Waals surface area contributed by atoms with Gasteiger partial charge in [0.25, 0.3) is 0 Å². The summed E-state index contributed by atoms with van der Waals surface area (Å²) in [6.07, 6.45) is 4.12.